The summed E-state index contributed by atoms with van der Waals surface area (Å²) in [6.07, 6.45) is 7.42. The first-order chi connectivity index (χ1) is 14.7. The fourth-order valence-electron chi connectivity index (χ4n) is 3.54. The molecule has 5 rings (SSSR count). The zero-order chi connectivity index (χ0) is 20.5. The highest BCUT2D eigenvalue weighted by atomic mass is 32.2. The quantitative estimate of drug-likeness (QED) is 0.462. The Hall–Kier alpha value is -3.16. The van der Waals surface area contributed by atoms with Crippen molar-refractivity contribution >= 4 is 23.3 Å². The first kappa shape index (κ1) is 18.8. The number of rotatable bonds is 5. The van der Waals surface area contributed by atoms with E-state index in [1.165, 1.54) is 11.1 Å². The normalized spacial score (nSPS) is 12.5. The largest absolute Gasteiger partial charge is 0.364 e. The Morgan fingerprint density at radius 3 is 2.67 bits per heavy atom. The lowest BCUT2D eigenvalue weighted by Crippen LogP contribution is -2.24. The summed E-state index contributed by atoms with van der Waals surface area (Å²) in [7, 11) is 1.69. The summed E-state index contributed by atoms with van der Waals surface area (Å²) in [5.74, 6) is 0.832. The summed E-state index contributed by atoms with van der Waals surface area (Å²) in [4.78, 5) is 16.8. The van der Waals surface area contributed by atoms with Gasteiger partial charge in [0.1, 0.15) is 11.8 Å². The smallest absolute Gasteiger partial charge is 0.168 e. The number of aryl methyl sites for hydroxylation is 1. The van der Waals surface area contributed by atoms with E-state index < -0.39 is 0 Å². The summed E-state index contributed by atoms with van der Waals surface area (Å²) in [5, 5.41) is 0.896. The first-order valence-electron chi connectivity index (χ1n) is 9.68. The molecule has 0 radical (unpaired) electrons. The van der Waals surface area contributed by atoms with Crippen LogP contribution in [-0.4, -0.2) is 33.4 Å². The SMILES string of the molecule is COCN1c2cc(Cn3cnc(-c4ccc(C)cc4)c3)ccc2Sc2nccnc21. The summed E-state index contributed by atoms with van der Waals surface area (Å²) >= 11 is 1.64. The van der Waals surface area contributed by atoms with Gasteiger partial charge in [0, 0.05) is 42.7 Å². The zero-order valence-corrected chi connectivity index (χ0v) is 17.6. The molecule has 6 nitrogen and oxygen atoms in total. The fourth-order valence-corrected chi connectivity index (χ4v) is 4.53. The number of aromatic nitrogens is 4. The van der Waals surface area contributed by atoms with E-state index in [9.17, 15) is 0 Å². The van der Waals surface area contributed by atoms with Crippen molar-refractivity contribution in [2.75, 3.05) is 18.7 Å². The van der Waals surface area contributed by atoms with Crippen LogP contribution in [0.4, 0.5) is 11.5 Å². The second-order valence-corrected chi connectivity index (χ2v) is 8.26. The molecule has 0 fully saturated rings. The van der Waals surface area contributed by atoms with Crippen molar-refractivity contribution in [3.63, 3.8) is 0 Å². The molecule has 2 aromatic heterocycles. The van der Waals surface area contributed by atoms with Crippen LogP contribution in [0.2, 0.25) is 0 Å². The van der Waals surface area contributed by atoms with Crippen LogP contribution in [-0.2, 0) is 11.3 Å². The molecule has 7 heteroatoms. The maximum Gasteiger partial charge on any atom is 0.168 e. The van der Waals surface area contributed by atoms with Gasteiger partial charge in [0.05, 0.1) is 17.7 Å². The minimum Gasteiger partial charge on any atom is -0.364 e. The third-order valence-electron chi connectivity index (χ3n) is 5.03. The predicted octanol–water partition coefficient (Wildman–Crippen LogP) is 4.90. The number of hydrogen-bond donors (Lipinski definition) is 0. The number of anilines is 2. The first-order valence-corrected chi connectivity index (χ1v) is 10.5. The average Bonchev–Trinajstić information content (AvgIpc) is 3.23. The third kappa shape index (κ3) is 3.58. The van der Waals surface area contributed by atoms with Crippen LogP contribution in [0, 0.1) is 6.92 Å². The summed E-state index contributed by atoms with van der Waals surface area (Å²) in [5.41, 5.74) is 5.63. The number of benzene rings is 2. The van der Waals surface area contributed by atoms with Crippen LogP contribution in [0.1, 0.15) is 11.1 Å². The van der Waals surface area contributed by atoms with Crippen LogP contribution in [0.25, 0.3) is 11.3 Å². The number of ether oxygens (including phenoxy) is 1. The monoisotopic (exact) mass is 415 g/mol. The highest BCUT2D eigenvalue weighted by Crippen LogP contribution is 2.46. The van der Waals surface area contributed by atoms with E-state index >= 15 is 0 Å². The van der Waals surface area contributed by atoms with Crippen LogP contribution in [0.15, 0.2) is 77.3 Å². The van der Waals surface area contributed by atoms with Crippen molar-refractivity contribution in [2.45, 2.75) is 23.4 Å². The van der Waals surface area contributed by atoms with Gasteiger partial charge in [-0.05, 0) is 24.6 Å². The number of imidazole rings is 1. The van der Waals surface area contributed by atoms with Gasteiger partial charge in [-0.1, -0.05) is 47.7 Å². The van der Waals surface area contributed by atoms with E-state index in [-0.39, 0.29) is 0 Å². The highest BCUT2D eigenvalue weighted by Gasteiger charge is 2.25. The van der Waals surface area contributed by atoms with Crippen molar-refractivity contribution in [1.82, 2.24) is 19.5 Å². The van der Waals surface area contributed by atoms with E-state index in [0.29, 0.717) is 6.73 Å². The van der Waals surface area contributed by atoms with Crippen LogP contribution in [0.3, 0.4) is 0 Å². The van der Waals surface area contributed by atoms with E-state index in [0.717, 1.165) is 39.2 Å². The Morgan fingerprint density at radius 2 is 1.83 bits per heavy atom. The minimum absolute atomic E-state index is 0.422. The lowest BCUT2D eigenvalue weighted by molar-refractivity contribution is 0.204. The molecule has 0 saturated heterocycles. The molecule has 0 bridgehead atoms. The number of nitrogens with zero attached hydrogens (tertiary/aromatic N) is 5. The molecule has 0 aliphatic carbocycles. The summed E-state index contributed by atoms with van der Waals surface area (Å²) in [6.45, 7) is 3.25. The van der Waals surface area contributed by atoms with Crippen molar-refractivity contribution in [3.05, 3.63) is 78.5 Å². The summed E-state index contributed by atoms with van der Waals surface area (Å²) < 4.78 is 7.56. The maximum atomic E-state index is 5.45. The van der Waals surface area contributed by atoms with Gasteiger partial charge >= 0.3 is 0 Å². The molecule has 0 atom stereocenters. The molecule has 0 saturated carbocycles. The van der Waals surface area contributed by atoms with Gasteiger partial charge in [-0.3, -0.25) is 4.90 Å². The molecule has 150 valence electrons. The van der Waals surface area contributed by atoms with Gasteiger partial charge < -0.3 is 9.30 Å². The Balaban J connectivity index is 1.43. The van der Waals surface area contributed by atoms with Crippen LogP contribution >= 0.6 is 11.8 Å². The average molecular weight is 416 g/mol. The van der Waals surface area contributed by atoms with E-state index in [4.69, 9.17) is 4.74 Å². The molecule has 4 aromatic rings. The van der Waals surface area contributed by atoms with Gasteiger partial charge in [-0.25, -0.2) is 15.0 Å². The molecule has 30 heavy (non-hydrogen) atoms. The Bertz CT molecular complexity index is 1190. The maximum absolute atomic E-state index is 5.45. The van der Waals surface area contributed by atoms with Gasteiger partial charge in [0.15, 0.2) is 5.82 Å². The van der Waals surface area contributed by atoms with Crippen molar-refractivity contribution in [1.29, 1.82) is 0 Å². The topological polar surface area (TPSA) is 56.1 Å². The van der Waals surface area contributed by atoms with Crippen LogP contribution < -0.4 is 4.90 Å². The molecule has 0 spiro atoms. The standard InChI is InChI=1S/C23H21N5OS/c1-16-3-6-18(7-4-16)19-13-27(14-26-19)12-17-5-8-21-20(11-17)28(15-29-2)22-23(30-21)25-10-9-24-22/h3-11,13-14H,12,15H2,1-2H3. The molecular formula is C23H21N5OS. The van der Waals surface area contributed by atoms with Crippen molar-refractivity contribution < 1.29 is 4.74 Å². The lowest BCUT2D eigenvalue weighted by Gasteiger charge is -2.30. The van der Waals surface area contributed by atoms with Gasteiger partial charge in [-0.2, -0.15) is 0 Å². The fraction of sp³-hybridized carbons (Fsp3) is 0.174. The second-order valence-electron chi connectivity index (χ2n) is 7.23. The van der Waals surface area contributed by atoms with Gasteiger partial charge in [0.2, 0.25) is 0 Å². The lowest BCUT2D eigenvalue weighted by atomic mass is 10.1. The van der Waals surface area contributed by atoms with Gasteiger partial charge in [-0.15, -0.1) is 0 Å². The van der Waals surface area contributed by atoms with Crippen molar-refractivity contribution in [3.8, 4) is 11.3 Å². The zero-order valence-electron chi connectivity index (χ0n) is 16.8. The number of fused-ring (bicyclic) bond motifs is 2. The van der Waals surface area contributed by atoms with Crippen LogP contribution in [0.5, 0.6) is 0 Å². The number of methoxy groups -OCH3 is 1. The molecule has 1 aliphatic heterocycles. The molecular weight excluding hydrogens is 394 g/mol. The Labute approximate surface area is 179 Å². The molecule has 0 unspecified atom stereocenters. The second kappa shape index (κ2) is 7.93. The van der Waals surface area contributed by atoms with E-state index in [1.807, 2.05) is 6.33 Å². The molecule has 3 heterocycles. The third-order valence-corrected chi connectivity index (χ3v) is 6.07. The van der Waals surface area contributed by atoms with E-state index in [2.05, 4.69) is 80.0 Å². The number of hydrogen-bond acceptors (Lipinski definition) is 6. The molecule has 0 amide bonds. The highest BCUT2D eigenvalue weighted by molar-refractivity contribution is 7.99. The Morgan fingerprint density at radius 1 is 1.00 bits per heavy atom. The summed E-state index contributed by atoms with van der Waals surface area (Å²) in [6, 6.07) is 14.9. The molecule has 2 aromatic carbocycles. The molecule has 0 N–H and O–H groups in total. The van der Waals surface area contributed by atoms with Gasteiger partial charge in [0.25, 0.3) is 0 Å². The Kier molecular flexibility index (Phi) is 4.98. The van der Waals surface area contributed by atoms with Crippen molar-refractivity contribution in [2.24, 2.45) is 0 Å². The molecule has 1 aliphatic rings. The van der Waals surface area contributed by atoms with E-state index in [1.54, 1.807) is 31.3 Å². The minimum atomic E-state index is 0.422. The predicted molar refractivity (Wildman–Crippen MR) is 118 cm³/mol.